The largest absolute Gasteiger partial charge is 0.350 e. The highest BCUT2D eigenvalue weighted by Crippen LogP contribution is 2.23. The average Bonchev–Trinajstić information content (AvgIpc) is 2.57. The number of carbonyl (C=O) groups excluding carboxylic acids is 2. The minimum atomic E-state index is -0.501. The van der Waals surface area contributed by atoms with Crippen LogP contribution in [0, 0.1) is 17.8 Å². The van der Waals surface area contributed by atoms with E-state index in [0.717, 1.165) is 37.0 Å². The molecule has 2 rings (SSSR count). The fourth-order valence-corrected chi connectivity index (χ4v) is 4.09. The second-order valence-electron chi connectivity index (χ2n) is 8.55. The van der Waals surface area contributed by atoms with Crippen molar-refractivity contribution in [2.45, 2.75) is 60.2 Å². The Labute approximate surface area is 163 Å². The van der Waals surface area contributed by atoms with Gasteiger partial charge in [0, 0.05) is 33.1 Å². The van der Waals surface area contributed by atoms with Crippen molar-refractivity contribution in [2.75, 3.05) is 13.1 Å². The van der Waals surface area contributed by atoms with Gasteiger partial charge in [-0.05, 0) is 35.3 Å². The predicted octanol–water partition coefficient (Wildman–Crippen LogP) is 2.94. The molecule has 1 aliphatic heterocycles. The minimum absolute atomic E-state index is 0.0421. The second-order valence-corrected chi connectivity index (χ2v) is 8.55. The van der Waals surface area contributed by atoms with E-state index in [-0.39, 0.29) is 17.7 Å². The lowest BCUT2D eigenvalue weighted by Gasteiger charge is -2.35. The third-order valence-corrected chi connectivity index (χ3v) is 5.22. The van der Waals surface area contributed by atoms with Gasteiger partial charge in [-0.1, -0.05) is 52.0 Å². The molecule has 0 radical (unpaired) electrons. The maximum absolute atomic E-state index is 12.5. The number of carbonyl (C=O) groups is 2. The Kier molecular flexibility index (Phi) is 7.84. The summed E-state index contributed by atoms with van der Waals surface area (Å²) in [6, 6.07) is 7.80. The van der Waals surface area contributed by atoms with Crippen LogP contribution in [-0.2, 0) is 22.7 Å². The van der Waals surface area contributed by atoms with Crippen LogP contribution in [0.5, 0.6) is 0 Å². The number of nitrogens with one attached hydrogen (secondary N) is 2. The first kappa shape index (κ1) is 21.4. The molecule has 2 N–H and O–H groups in total. The smallest absolute Gasteiger partial charge is 0.243 e. The van der Waals surface area contributed by atoms with Gasteiger partial charge in [0.15, 0.2) is 0 Å². The summed E-state index contributed by atoms with van der Waals surface area (Å²) < 4.78 is 0. The average molecular weight is 374 g/mol. The van der Waals surface area contributed by atoms with Crippen molar-refractivity contribution in [2.24, 2.45) is 17.8 Å². The first-order valence-corrected chi connectivity index (χ1v) is 10.1. The Hall–Kier alpha value is -1.88. The van der Waals surface area contributed by atoms with Crippen LogP contribution in [0.2, 0.25) is 0 Å². The van der Waals surface area contributed by atoms with Gasteiger partial charge in [0.25, 0.3) is 0 Å². The summed E-state index contributed by atoms with van der Waals surface area (Å²) in [5.41, 5.74) is 2.40. The number of hydrogen-bond acceptors (Lipinski definition) is 3. The lowest BCUT2D eigenvalue weighted by Crippen LogP contribution is -2.48. The Morgan fingerprint density at radius 2 is 1.70 bits per heavy atom. The summed E-state index contributed by atoms with van der Waals surface area (Å²) in [5.74, 6) is 1.18. The molecule has 2 amide bonds. The minimum Gasteiger partial charge on any atom is -0.350 e. The summed E-state index contributed by atoms with van der Waals surface area (Å²) in [4.78, 5) is 26.4. The molecule has 0 aliphatic carbocycles. The quantitative estimate of drug-likeness (QED) is 0.772. The number of amides is 2. The molecule has 1 heterocycles. The molecule has 0 spiro atoms. The summed E-state index contributed by atoms with van der Waals surface area (Å²) in [6.45, 7) is 13.6. The summed E-state index contributed by atoms with van der Waals surface area (Å²) in [6.07, 6.45) is 1.30. The van der Waals surface area contributed by atoms with Gasteiger partial charge in [-0.25, -0.2) is 0 Å². The maximum atomic E-state index is 12.5. The van der Waals surface area contributed by atoms with E-state index in [0.29, 0.717) is 6.54 Å². The maximum Gasteiger partial charge on any atom is 0.243 e. The third-order valence-electron chi connectivity index (χ3n) is 5.22. The Bertz CT molecular complexity index is 634. The van der Waals surface area contributed by atoms with Gasteiger partial charge < -0.3 is 10.6 Å². The molecule has 1 aliphatic rings. The highest BCUT2D eigenvalue weighted by molar-refractivity contribution is 5.87. The molecule has 0 aromatic heterocycles. The fraction of sp³-hybridized carbons (Fsp3) is 0.636. The van der Waals surface area contributed by atoms with Crippen LogP contribution in [-0.4, -0.2) is 35.8 Å². The molecule has 1 aromatic rings. The van der Waals surface area contributed by atoms with Crippen molar-refractivity contribution in [3.05, 3.63) is 35.4 Å². The molecular weight excluding hydrogens is 338 g/mol. The van der Waals surface area contributed by atoms with E-state index in [1.807, 2.05) is 19.9 Å². The van der Waals surface area contributed by atoms with Gasteiger partial charge in [0.2, 0.25) is 11.8 Å². The fourth-order valence-electron chi connectivity index (χ4n) is 4.09. The lowest BCUT2D eigenvalue weighted by atomic mass is 9.91. The number of likely N-dealkylation sites (tertiary alicyclic amines) is 1. The molecule has 1 saturated heterocycles. The molecule has 5 heteroatoms. The van der Waals surface area contributed by atoms with Crippen LogP contribution < -0.4 is 10.6 Å². The highest BCUT2D eigenvalue weighted by atomic mass is 16.2. The molecule has 5 nitrogen and oxygen atoms in total. The number of rotatable bonds is 7. The zero-order valence-electron chi connectivity index (χ0n) is 17.4. The number of hydrogen-bond donors (Lipinski definition) is 2. The van der Waals surface area contributed by atoms with Gasteiger partial charge in [0.1, 0.15) is 6.04 Å². The molecule has 1 fully saturated rings. The van der Waals surface area contributed by atoms with Crippen molar-refractivity contribution < 1.29 is 9.59 Å². The van der Waals surface area contributed by atoms with Gasteiger partial charge in [-0.3, -0.25) is 14.5 Å². The van der Waals surface area contributed by atoms with Crippen molar-refractivity contribution >= 4 is 11.8 Å². The van der Waals surface area contributed by atoms with Crippen molar-refractivity contribution in [1.82, 2.24) is 15.5 Å². The van der Waals surface area contributed by atoms with Gasteiger partial charge in [-0.2, -0.15) is 0 Å². The standard InChI is InChI=1S/C22H35N3O2/c1-15(2)21(24-18(5)26)22(27)23-11-19-8-6-7-9-20(19)14-25-12-16(3)10-17(4)13-25/h6-9,15-17,21H,10-14H2,1-5H3,(H,23,27)(H,24,26)/t16-,17+,21-/m1/s1. The van der Waals surface area contributed by atoms with Crippen molar-refractivity contribution in [3.63, 3.8) is 0 Å². The third kappa shape index (κ3) is 6.65. The molecule has 3 atom stereocenters. The topological polar surface area (TPSA) is 61.4 Å². The van der Waals surface area contributed by atoms with Crippen LogP contribution in [0.1, 0.15) is 52.2 Å². The highest BCUT2D eigenvalue weighted by Gasteiger charge is 2.24. The lowest BCUT2D eigenvalue weighted by molar-refractivity contribution is -0.129. The Balaban J connectivity index is 2.00. The second kappa shape index (κ2) is 9.88. The normalized spacial score (nSPS) is 21.7. The van der Waals surface area contributed by atoms with Crippen LogP contribution in [0.4, 0.5) is 0 Å². The van der Waals surface area contributed by atoms with Gasteiger partial charge in [0.05, 0.1) is 0 Å². The molecule has 0 saturated carbocycles. The number of nitrogens with zero attached hydrogens (tertiary/aromatic N) is 1. The molecule has 150 valence electrons. The first-order valence-electron chi connectivity index (χ1n) is 10.1. The zero-order chi connectivity index (χ0) is 20.0. The van der Waals surface area contributed by atoms with Crippen LogP contribution >= 0.6 is 0 Å². The van der Waals surface area contributed by atoms with Crippen LogP contribution in [0.3, 0.4) is 0 Å². The van der Waals surface area contributed by atoms with Crippen LogP contribution in [0.15, 0.2) is 24.3 Å². The van der Waals surface area contributed by atoms with E-state index >= 15 is 0 Å². The Morgan fingerprint density at radius 3 is 2.26 bits per heavy atom. The summed E-state index contributed by atoms with van der Waals surface area (Å²) in [5, 5.41) is 5.75. The first-order chi connectivity index (χ1) is 12.8. The van der Waals surface area contributed by atoms with E-state index in [2.05, 4.69) is 47.6 Å². The van der Waals surface area contributed by atoms with E-state index in [1.54, 1.807) is 0 Å². The number of piperidine rings is 1. The van der Waals surface area contributed by atoms with E-state index < -0.39 is 6.04 Å². The van der Waals surface area contributed by atoms with Crippen molar-refractivity contribution in [1.29, 1.82) is 0 Å². The van der Waals surface area contributed by atoms with E-state index in [4.69, 9.17) is 0 Å². The Morgan fingerprint density at radius 1 is 1.11 bits per heavy atom. The zero-order valence-corrected chi connectivity index (χ0v) is 17.4. The molecule has 0 unspecified atom stereocenters. The summed E-state index contributed by atoms with van der Waals surface area (Å²) in [7, 11) is 0. The van der Waals surface area contributed by atoms with Gasteiger partial charge in [-0.15, -0.1) is 0 Å². The number of benzene rings is 1. The molecule has 27 heavy (non-hydrogen) atoms. The SMILES string of the molecule is CC(=O)N[C@@H](C(=O)NCc1ccccc1CN1C[C@H](C)C[C@H](C)C1)C(C)C. The summed E-state index contributed by atoms with van der Waals surface area (Å²) >= 11 is 0. The van der Waals surface area contributed by atoms with Crippen molar-refractivity contribution in [3.8, 4) is 0 Å². The molecule has 1 aromatic carbocycles. The van der Waals surface area contributed by atoms with E-state index in [9.17, 15) is 9.59 Å². The van der Waals surface area contributed by atoms with Gasteiger partial charge >= 0.3 is 0 Å². The van der Waals surface area contributed by atoms with E-state index in [1.165, 1.54) is 18.9 Å². The molecular formula is C22H35N3O2. The predicted molar refractivity (Wildman–Crippen MR) is 109 cm³/mol. The molecule has 0 bridgehead atoms. The van der Waals surface area contributed by atoms with Crippen LogP contribution in [0.25, 0.3) is 0 Å². The monoisotopic (exact) mass is 373 g/mol.